The van der Waals surface area contributed by atoms with Gasteiger partial charge in [-0.3, -0.25) is 10.1 Å². The number of hydrogen-bond donors (Lipinski definition) is 2. The first-order valence-corrected chi connectivity index (χ1v) is 4.82. The smallest absolute Gasteiger partial charge is 0.234 e. The molecule has 1 aromatic rings. The summed E-state index contributed by atoms with van der Waals surface area (Å²) in [5.41, 5.74) is 2.49. The summed E-state index contributed by atoms with van der Waals surface area (Å²) >= 11 is 0. The van der Waals surface area contributed by atoms with E-state index in [0.717, 1.165) is 0 Å². The van der Waals surface area contributed by atoms with Crippen LogP contribution in [-0.2, 0) is 4.79 Å². The number of carbonyl (C=O) groups excluding carboxylic acids is 1. The van der Waals surface area contributed by atoms with Crippen molar-refractivity contribution in [2.45, 2.75) is 13.0 Å². The van der Waals surface area contributed by atoms with E-state index in [0.29, 0.717) is 13.1 Å². The van der Waals surface area contributed by atoms with Gasteiger partial charge in [0.1, 0.15) is 0 Å². The van der Waals surface area contributed by atoms with Crippen LogP contribution in [0, 0.1) is 6.92 Å². The summed E-state index contributed by atoms with van der Waals surface area (Å²) in [6, 6.07) is 8.61. The first-order valence-electron chi connectivity index (χ1n) is 4.82. The van der Waals surface area contributed by atoms with Gasteiger partial charge in [0.25, 0.3) is 0 Å². The van der Waals surface area contributed by atoms with Gasteiger partial charge in [-0.15, -0.1) is 0 Å². The molecule has 2 N–H and O–H groups in total. The Morgan fingerprint density at radius 2 is 2.29 bits per heavy atom. The molecule has 14 heavy (non-hydrogen) atoms. The molecule has 2 rings (SSSR count). The Kier molecular flexibility index (Phi) is 2.50. The van der Waals surface area contributed by atoms with Crippen molar-refractivity contribution >= 4 is 5.91 Å². The van der Waals surface area contributed by atoms with Crippen molar-refractivity contribution in [3.05, 3.63) is 35.4 Å². The van der Waals surface area contributed by atoms with E-state index in [-0.39, 0.29) is 11.9 Å². The highest BCUT2D eigenvalue weighted by Crippen LogP contribution is 2.14. The predicted molar refractivity (Wildman–Crippen MR) is 54.9 cm³/mol. The van der Waals surface area contributed by atoms with Crippen LogP contribution >= 0.6 is 0 Å². The van der Waals surface area contributed by atoms with Crippen LogP contribution in [0.2, 0.25) is 0 Å². The van der Waals surface area contributed by atoms with E-state index < -0.39 is 0 Å². The average molecular weight is 190 g/mol. The molecule has 0 aliphatic carbocycles. The fraction of sp³-hybridized carbons (Fsp3) is 0.364. The van der Waals surface area contributed by atoms with Crippen molar-refractivity contribution in [1.82, 2.24) is 10.6 Å². The fourth-order valence-corrected chi connectivity index (χ4v) is 1.69. The molecule has 1 atom stereocenters. The van der Waals surface area contributed by atoms with E-state index in [1.807, 2.05) is 6.07 Å². The Morgan fingerprint density at radius 1 is 1.43 bits per heavy atom. The summed E-state index contributed by atoms with van der Waals surface area (Å²) in [5.74, 6) is 0.0777. The van der Waals surface area contributed by atoms with Gasteiger partial charge in [-0.2, -0.15) is 0 Å². The number of piperazine rings is 1. The van der Waals surface area contributed by atoms with Crippen LogP contribution in [0.5, 0.6) is 0 Å². The van der Waals surface area contributed by atoms with Gasteiger partial charge in [-0.05, 0) is 12.5 Å². The maximum Gasteiger partial charge on any atom is 0.234 e. The molecule has 1 heterocycles. The van der Waals surface area contributed by atoms with Crippen LogP contribution in [0.4, 0.5) is 0 Å². The van der Waals surface area contributed by atoms with Crippen molar-refractivity contribution < 1.29 is 4.79 Å². The van der Waals surface area contributed by atoms with Gasteiger partial charge < -0.3 is 5.32 Å². The van der Waals surface area contributed by atoms with Crippen LogP contribution in [0.1, 0.15) is 17.2 Å². The molecule has 1 saturated heterocycles. The van der Waals surface area contributed by atoms with Crippen molar-refractivity contribution in [3.8, 4) is 0 Å². The van der Waals surface area contributed by atoms with Gasteiger partial charge in [0, 0.05) is 6.54 Å². The molecule has 3 nitrogen and oxygen atoms in total. The van der Waals surface area contributed by atoms with E-state index in [2.05, 4.69) is 35.8 Å². The Hall–Kier alpha value is -1.35. The molecule has 0 saturated carbocycles. The monoisotopic (exact) mass is 190 g/mol. The summed E-state index contributed by atoms with van der Waals surface area (Å²) in [6.45, 7) is 3.17. The first-order chi connectivity index (χ1) is 6.75. The van der Waals surface area contributed by atoms with Crippen LogP contribution in [0.15, 0.2) is 24.3 Å². The molecular weight excluding hydrogens is 176 g/mol. The van der Waals surface area contributed by atoms with Crippen molar-refractivity contribution in [1.29, 1.82) is 0 Å². The van der Waals surface area contributed by atoms with Gasteiger partial charge in [-0.25, -0.2) is 0 Å². The van der Waals surface area contributed by atoms with E-state index in [4.69, 9.17) is 0 Å². The van der Waals surface area contributed by atoms with Gasteiger partial charge >= 0.3 is 0 Å². The zero-order valence-corrected chi connectivity index (χ0v) is 8.21. The number of nitrogens with one attached hydrogen (secondary N) is 2. The number of carbonyl (C=O) groups is 1. The van der Waals surface area contributed by atoms with E-state index >= 15 is 0 Å². The normalized spacial score (nSPS) is 21.8. The highest BCUT2D eigenvalue weighted by molar-refractivity contribution is 5.78. The second kappa shape index (κ2) is 3.80. The Bertz CT molecular complexity index is 339. The Labute approximate surface area is 83.5 Å². The number of benzene rings is 1. The largest absolute Gasteiger partial charge is 0.353 e. The minimum Gasteiger partial charge on any atom is -0.353 e. The third-order valence-electron chi connectivity index (χ3n) is 2.46. The van der Waals surface area contributed by atoms with E-state index in [1.165, 1.54) is 11.1 Å². The molecule has 0 aromatic heterocycles. The highest BCUT2D eigenvalue weighted by atomic mass is 16.2. The third kappa shape index (κ3) is 1.93. The van der Waals surface area contributed by atoms with Gasteiger partial charge in [0.2, 0.25) is 5.91 Å². The lowest BCUT2D eigenvalue weighted by molar-refractivity contribution is -0.121. The SMILES string of the molecule is Cc1cccc(C2CNC(=O)CN2)c1. The molecule has 1 amide bonds. The summed E-state index contributed by atoms with van der Waals surface area (Å²) in [6.07, 6.45) is 0. The summed E-state index contributed by atoms with van der Waals surface area (Å²) in [5, 5.41) is 6.05. The number of rotatable bonds is 1. The van der Waals surface area contributed by atoms with E-state index in [1.54, 1.807) is 0 Å². The number of hydrogen-bond acceptors (Lipinski definition) is 2. The molecule has 3 heteroatoms. The predicted octanol–water partition coefficient (Wildman–Crippen LogP) is 0.756. The summed E-state index contributed by atoms with van der Waals surface area (Å²) < 4.78 is 0. The molecular formula is C11H14N2O. The Morgan fingerprint density at radius 3 is 2.93 bits per heavy atom. The molecule has 0 bridgehead atoms. The maximum absolute atomic E-state index is 10.9. The molecule has 1 aromatic carbocycles. The molecule has 1 aliphatic heterocycles. The van der Waals surface area contributed by atoms with E-state index in [9.17, 15) is 4.79 Å². The zero-order chi connectivity index (χ0) is 9.97. The van der Waals surface area contributed by atoms with Crippen LogP contribution in [0.25, 0.3) is 0 Å². The van der Waals surface area contributed by atoms with Gasteiger partial charge in [-0.1, -0.05) is 29.8 Å². The first kappa shape index (κ1) is 9.21. The van der Waals surface area contributed by atoms with Crippen LogP contribution < -0.4 is 10.6 Å². The lowest BCUT2D eigenvalue weighted by atomic mass is 10.0. The zero-order valence-electron chi connectivity index (χ0n) is 8.21. The quantitative estimate of drug-likeness (QED) is 0.686. The second-order valence-corrected chi connectivity index (χ2v) is 3.65. The molecule has 1 aliphatic rings. The van der Waals surface area contributed by atoms with Crippen LogP contribution in [-0.4, -0.2) is 19.0 Å². The topological polar surface area (TPSA) is 41.1 Å². The standard InChI is InChI=1S/C11H14N2O/c1-8-3-2-4-9(5-8)10-6-13-11(14)7-12-10/h2-5,10,12H,6-7H2,1H3,(H,13,14). The summed E-state index contributed by atoms with van der Waals surface area (Å²) in [7, 11) is 0. The summed E-state index contributed by atoms with van der Waals surface area (Å²) in [4.78, 5) is 10.9. The number of aryl methyl sites for hydroxylation is 1. The third-order valence-corrected chi connectivity index (χ3v) is 2.46. The molecule has 74 valence electrons. The average Bonchev–Trinajstić information content (AvgIpc) is 2.19. The number of amides is 1. The molecule has 1 fully saturated rings. The molecule has 0 spiro atoms. The maximum atomic E-state index is 10.9. The fourth-order valence-electron chi connectivity index (χ4n) is 1.69. The molecule has 1 unspecified atom stereocenters. The van der Waals surface area contributed by atoms with Gasteiger partial charge in [0.15, 0.2) is 0 Å². The minimum atomic E-state index is 0.0777. The lowest BCUT2D eigenvalue weighted by Crippen LogP contribution is -2.46. The Balaban J connectivity index is 2.12. The van der Waals surface area contributed by atoms with Gasteiger partial charge in [0.05, 0.1) is 12.6 Å². The van der Waals surface area contributed by atoms with Crippen molar-refractivity contribution in [2.24, 2.45) is 0 Å². The molecule has 0 radical (unpaired) electrons. The lowest BCUT2D eigenvalue weighted by Gasteiger charge is -2.24. The minimum absolute atomic E-state index is 0.0777. The second-order valence-electron chi connectivity index (χ2n) is 3.65. The van der Waals surface area contributed by atoms with Crippen molar-refractivity contribution in [3.63, 3.8) is 0 Å². The highest BCUT2D eigenvalue weighted by Gasteiger charge is 2.18. The van der Waals surface area contributed by atoms with Crippen molar-refractivity contribution in [2.75, 3.05) is 13.1 Å². The van der Waals surface area contributed by atoms with Crippen LogP contribution in [0.3, 0.4) is 0 Å².